The fraction of sp³-hybridized carbons (Fsp3) is 0.0435. The highest BCUT2D eigenvalue weighted by Crippen LogP contribution is 2.51. The number of fused-ring (bicyclic) bond motifs is 7. The van der Waals surface area contributed by atoms with Gasteiger partial charge in [-0.25, -0.2) is 0 Å². The predicted octanol–water partition coefficient (Wildman–Crippen LogP) is 8.48. The number of benzene rings is 6. The van der Waals surface area contributed by atoms with Crippen LogP contribution in [-0.4, -0.2) is 17.7 Å². The Bertz CT molecular complexity index is 2650. The van der Waals surface area contributed by atoms with Crippen molar-refractivity contribution in [1.29, 1.82) is 0 Å². The van der Waals surface area contributed by atoms with Gasteiger partial charge in [0, 0.05) is 63.0 Å². The van der Waals surface area contributed by atoms with E-state index in [4.69, 9.17) is 0 Å². The summed E-state index contributed by atoms with van der Waals surface area (Å²) in [4.78, 5) is 2.49. The number of nitrogens with one attached hydrogen (secondary N) is 2. The fourth-order valence-corrected chi connectivity index (χ4v) is 8.04. The Morgan fingerprint density at radius 2 is 1.34 bits per heavy atom. The summed E-state index contributed by atoms with van der Waals surface area (Å²) in [6.45, 7) is 1.50. The van der Waals surface area contributed by atoms with Crippen molar-refractivity contribution in [2.75, 3.05) is 18.0 Å². The molecule has 4 nitrogen and oxygen atoms in total. The molecule has 0 atom stereocenters. The van der Waals surface area contributed by atoms with Gasteiger partial charge in [0.1, 0.15) is 0 Å². The molecule has 0 amide bonds. The van der Waals surface area contributed by atoms with Gasteiger partial charge in [-0.3, -0.25) is 0 Å². The van der Waals surface area contributed by atoms with Crippen molar-refractivity contribution in [2.24, 2.45) is 0 Å². The number of anilines is 2. The average Bonchev–Trinajstić information content (AvgIpc) is 3.47. The molecule has 0 bridgehead atoms. The molecule has 6 aromatic carbocycles. The first-order valence-corrected chi connectivity index (χ1v) is 17.3. The molecule has 4 heteroatoms. The second kappa shape index (κ2) is 11.6. The molecule has 10 rings (SSSR count). The first kappa shape index (κ1) is 28.5. The molecular formula is C46H34N4. The van der Waals surface area contributed by atoms with Gasteiger partial charge in [-0.15, -0.1) is 0 Å². The Labute approximate surface area is 291 Å². The Morgan fingerprint density at radius 1 is 0.600 bits per heavy atom. The molecule has 2 N–H and O–H groups in total. The highest BCUT2D eigenvalue weighted by atomic mass is 15.2. The van der Waals surface area contributed by atoms with Gasteiger partial charge in [0.15, 0.2) is 0 Å². The van der Waals surface area contributed by atoms with Crippen LogP contribution in [0.3, 0.4) is 0 Å². The van der Waals surface area contributed by atoms with Crippen LogP contribution in [0.5, 0.6) is 0 Å². The molecule has 0 spiro atoms. The quantitative estimate of drug-likeness (QED) is 0.202. The molecule has 1 aromatic heterocycles. The molecular weight excluding hydrogens is 609 g/mol. The minimum Gasteiger partial charge on any atom is -0.387 e. The Hall–Kier alpha value is -6.52. The molecule has 50 heavy (non-hydrogen) atoms. The molecule has 0 fully saturated rings. The van der Waals surface area contributed by atoms with E-state index in [1.807, 2.05) is 0 Å². The van der Waals surface area contributed by atoms with Crippen LogP contribution in [-0.2, 0) is 0 Å². The van der Waals surface area contributed by atoms with Crippen molar-refractivity contribution in [3.63, 3.8) is 0 Å². The number of rotatable bonds is 4. The van der Waals surface area contributed by atoms with E-state index in [0.717, 1.165) is 29.3 Å². The molecule has 0 saturated heterocycles. The smallest absolute Gasteiger partial charge is 0.0618 e. The summed E-state index contributed by atoms with van der Waals surface area (Å²) in [7, 11) is 0. The van der Waals surface area contributed by atoms with Crippen LogP contribution >= 0.6 is 0 Å². The first-order valence-electron chi connectivity index (χ1n) is 17.3. The third kappa shape index (κ3) is 4.46. The van der Waals surface area contributed by atoms with Crippen LogP contribution in [0.4, 0.5) is 11.4 Å². The normalized spacial score (nSPS) is 14.5. The van der Waals surface area contributed by atoms with Gasteiger partial charge in [0.2, 0.25) is 0 Å². The summed E-state index contributed by atoms with van der Waals surface area (Å²) in [5, 5.41) is 11.1. The minimum atomic E-state index is 0.708. The largest absolute Gasteiger partial charge is 0.387 e. The van der Waals surface area contributed by atoms with Gasteiger partial charge in [-0.2, -0.15) is 0 Å². The number of para-hydroxylation sites is 3. The highest BCUT2D eigenvalue weighted by Gasteiger charge is 2.33. The van der Waals surface area contributed by atoms with Gasteiger partial charge < -0.3 is 20.1 Å². The number of hydrogen-bond donors (Lipinski definition) is 2. The van der Waals surface area contributed by atoms with Crippen LogP contribution in [0.1, 0.15) is 11.3 Å². The average molecular weight is 643 g/mol. The first-order chi connectivity index (χ1) is 24.8. The lowest BCUT2D eigenvalue weighted by molar-refractivity contribution is 0.947. The van der Waals surface area contributed by atoms with Crippen LogP contribution in [0, 0.1) is 0 Å². The van der Waals surface area contributed by atoms with Crippen LogP contribution in [0.15, 0.2) is 170 Å². The molecule has 238 valence electrons. The predicted molar refractivity (Wildman–Crippen MR) is 207 cm³/mol. The number of nitrogens with zero attached hydrogens (tertiary/aromatic N) is 2. The number of dihydropyridines is 1. The van der Waals surface area contributed by atoms with Gasteiger partial charge >= 0.3 is 0 Å². The lowest BCUT2D eigenvalue weighted by Crippen LogP contribution is -2.37. The van der Waals surface area contributed by atoms with E-state index >= 15 is 0 Å². The molecule has 0 unspecified atom stereocenters. The SMILES string of the molecule is C1=CC2=C(CN1)c1c(c3ccccc3n1-c1ccccc1)-c1ccccc1N2c1cc(C2=c3ccccc3=CCN2)cc(-c2ccccc2)c1. The van der Waals surface area contributed by atoms with E-state index < -0.39 is 0 Å². The fourth-order valence-electron chi connectivity index (χ4n) is 8.04. The Morgan fingerprint density at radius 3 is 2.24 bits per heavy atom. The van der Waals surface area contributed by atoms with Crippen molar-refractivity contribution >= 4 is 39.6 Å². The maximum atomic E-state index is 3.75. The van der Waals surface area contributed by atoms with Gasteiger partial charge in [-0.1, -0.05) is 115 Å². The molecule has 0 radical (unpaired) electrons. The summed E-state index contributed by atoms with van der Waals surface area (Å²) in [5.41, 5.74) is 15.5. The molecule has 3 aliphatic rings. The standard InChI is InChI=1S/C46H34N4/c1-3-13-31(14-4-1)33-27-34(45-37-18-8-7-15-32(37)23-26-48-45)29-36(28-33)49-41-21-11-9-19-38(41)44-39-20-10-12-22-42(39)50(35-16-5-2-6-17-35)46(44)40-30-47-25-24-43(40)49/h1-25,27-29,47-48H,26,30H2. The van der Waals surface area contributed by atoms with Gasteiger partial charge in [0.25, 0.3) is 0 Å². The van der Waals surface area contributed by atoms with Crippen molar-refractivity contribution in [3.8, 4) is 27.9 Å². The summed E-state index contributed by atoms with van der Waals surface area (Å²) in [6, 6.07) is 55.1. The summed E-state index contributed by atoms with van der Waals surface area (Å²) in [5.74, 6) is 0. The Kier molecular flexibility index (Phi) is 6.59. The summed E-state index contributed by atoms with van der Waals surface area (Å²) < 4.78 is 2.46. The lowest BCUT2D eigenvalue weighted by Gasteiger charge is -2.31. The number of allylic oxidation sites excluding steroid dienone is 1. The van der Waals surface area contributed by atoms with Gasteiger partial charge in [-0.05, 0) is 71.1 Å². The second-order valence-corrected chi connectivity index (χ2v) is 13.0. The van der Waals surface area contributed by atoms with Crippen LogP contribution in [0.25, 0.3) is 56.2 Å². The summed E-state index contributed by atoms with van der Waals surface area (Å²) in [6.07, 6.45) is 6.62. The van der Waals surface area contributed by atoms with E-state index in [-0.39, 0.29) is 0 Å². The van der Waals surface area contributed by atoms with E-state index in [0.29, 0.717) is 6.54 Å². The maximum absolute atomic E-state index is 3.75. The minimum absolute atomic E-state index is 0.708. The third-order valence-electron chi connectivity index (χ3n) is 10.2. The summed E-state index contributed by atoms with van der Waals surface area (Å²) >= 11 is 0. The Balaban J connectivity index is 1.31. The van der Waals surface area contributed by atoms with Gasteiger partial charge in [0.05, 0.1) is 22.6 Å². The zero-order valence-corrected chi connectivity index (χ0v) is 27.5. The van der Waals surface area contributed by atoms with E-state index in [1.54, 1.807) is 0 Å². The van der Waals surface area contributed by atoms with Crippen LogP contribution in [0.2, 0.25) is 0 Å². The highest BCUT2D eigenvalue weighted by molar-refractivity contribution is 6.09. The third-order valence-corrected chi connectivity index (χ3v) is 10.2. The second-order valence-electron chi connectivity index (χ2n) is 13.0. The van der Waals surface area contributed by atoms with E-state index in [1.165, 1.54) is 66.1 Å². The number of aromatic nitrogens is 1. The maximum Gasteiger partial charge on any atom is 0.0618 e. The molecule has 0 saturated carbocycles. The zero-order valence-electron chi connectivity index (χ0n) is 27.5. The lowest BCUT2D eigenvalue weighted by atomic mass is 9.97. The van der Waals surface area contributed by atoms with Crippen LogP contribution < -0.4 is 26.0 Å². The van der Waals surface area contributed by atoms with Crippen molar-refractivity contribution in [2.45, 2.75) is 0 Å². The van der Waals surface area contributed by atoms with Crippen molar-refractivity contribution in [3.05, 3.63) is 191 Å². The molecule has 3 aliphatic heterocycles. The zero-order chi connectivity index (χ0) is 33.0. The number of hydrogen-bond acceptors (Lipinski definition) is 3. The monoisotopic (exact) mass is 642 g/mol. The van der Waals surface area contributed by atoms with E-state index in [9.17, 15) is 0 Å². The van der Waals surface area contributed by atoms with E-state index in [2.05, 4.69) is 190 Å². The van der Waals surface area contributed by atoms with Crippen molar-refractivity contribution in [1.82, 2.24) is 15.2 Å². The topological polar surface area (TPSA) is 32.2 Å². The molecule has 7 aromatic rings. The molecule has 0 aliphatic carbocycles. The molecule has 4 heterocycles. The van der Waals surface area contributed by atoms with Crippen molar-refractivity contribution < 1.29 is 0 Å².